The topological polar surface area (TPSA) is 55.4 Å². The highest BCUT2D eigenvalue weighted by Gasteiger charge is 2.10. The van der Waals surface area contributed by atoms with Gasteiger partial charge in [0.1, 0.15) is 5.82 Å². The van der Waals surface area contributed by atoms with Crippen molar-refractivity contribution in [3.8, 4) is 0 Å². The summed E-state index contributed by atoms with van der Waals surface area (Å²) in [7, 11) is 0. The first-order chi connectivity index (χ1) is 10.9. The molecule has 2 aromatic carbocycles. The molecule has 23 heavy (non-hydrogen) atoms. The summed E-state index contributed by atoms with van der Waals surface area (Å²) in [5, 5.41) is 3.23. The maximum absolute atomic E-state index is 12.8. The van der Waals surface area contributed by atoms with Gasteiger partial charge in [-0.25, -0.2) is 4.39 Å². The molecule has 0 saturated carbocycles. The first-order valence-electron chi connectivity index (χ1n) is 6.59. The molecule has 0 saturated heterocycles. The fourth-order valence-corrected chi connectivity index (χ4v) is 2.20. The summed E-state index contributed by atoms with van der Waals surface area (Å²) in [6.45, 7) is -0.445. The molecular weight excluding hydrogens is 344 g/mol. The molecular formula is C16H12Cl2FNO3. The predicted octanol–water partition coefficient (Wildman–Crippen LogP) is 3.86. The van der Waals surface area contributed by atoms with E-state index < -0.39 is 18.5 Å². The Labute approximate surface area is 142 Å². The van der Waals surface area contributed by atoms with Gasteiger partial charge in [0, 0.05) is 5.02 Å². The monoisotopic (exact) mass is 355 g/mol. The number of carbonyl (C=O) groups is 2. The quantitative estimate of drug-likeness (QED) is 0.828. The van der Waals surface area contributed by atoms with E-state index in [0.717, 1.165) is 0 Å². The van der Waals surface area contributed by atoms with E-state index in [-0.39, 0.29) is 17.3 Å². The number of amides is 1. The second-order valence-corrected chi connectivity index (χ2v) is 5.48. The third-order valence-electron chi connectivity index (χ3n) is 2.83. The molecule has 0 fully saturated rings. The lowest BCUT2D eigenvalue weighted by Gasteiger charge is -2.08. The summed E-state index contributed by atoms with van der Waals surface area (Å²) in [6.07, 6.45) is -0.0464. The van der Waals surface area contributed by atoms with Crippen LogP contribution in [0, 0.1) is 5.82 Å². The molecule has 120 valence electrons. The van der Waals surface area contributed by atoms with E-state index in [1.165, 1.54) is 30.3 Å². The Bertz CT molecular complexity index is 720. The minimum atomic E-state index is -0.589. The van der Waals surface area contributed by atoms with Gasteiger partial charge in [-0.15, -0.1) is 0 Å². The molecule has 2 rings (SSSR count). The molecule has 0 unspecified atom stereocenters. The van der Waals surface area contributed by atoms with Crippen LogP contribution in [0.3, 0.4) is 0 Å². The van der Waals surface area contributed by atoms with Gasteiger partial charge < -0.3 is 10.1 Å². The van der Waals surface area contributed by atoms with E-state index in [1.807, 2.05) is 0 Å². The Balaban J connectivity index is 1.81. The average molecular weight is 356 g/mol. The lowest BCUT2D eigenvalue weighted by atomic mass is 10.1. The molecule has 0 heterocycles. The fourth-order valence-electron chi connectivity index (χ4n) is 1.74. The number of nitrogens with one attached hydrogen (secondary N) is 1. The molecule has 0 aliphatic carbocycles. The number of halogens is 3. The summed E-state index contributed by atoms with van der Waals surface area (Å²) in [5.41, 5.74) is 0.966. The summed E-state index contributed by atoms with van der Waals surface area (Å²) in [4.78, 5) is 23.3. The molecule has 0 aliphatic rings. The number of carbonyl (C=O) groups excluding carboxylic acids is 2. The van der Waals surface area contributed by atoms with E-state index in [4.69, 9.17) is 27.9 Å². The van der Waals surface area contributed by atoms with Crippen LogP contribution in [0.25, 0.3) is 0 Å². The Kier molecular flexibility index (Phi) is 5.96. The minimum Gasteiger partial charge on any atom is -0.455 e. The summed E-state index contributed by atoms with van der Waals surface area (Å²) < 4.78 is 17.6. The van der Waals surface area contributed by atoms with Gasteiger partial charge in [0.15, 0.2) is 6.61 Å². The first kappa shape index (κ1) is 17.2. The van der Waals surface area contributed by atoms with E-state index in [1.54, 1.807) is 12.1 Å². The Morgan fingerprint density at radius 3 is 2.43 bits per heavy atom. The highest BCUT2D eigenvalue weighted by molar-refractivity contribution is 6.36. The molecule has 1 N–H and O–H groups in total. The summed E-state index contributed by atoms with van der Waals surface area (Å²) >= 11 is 11.7. The second kappa shape index (κ2) is 7.94. The zero-order valence-electron chi connectivity index (χ0n) is 11.8. The van der Waals surface area contributed by atoms with Gasteiger partial charge in [-0.05, 0) is 35.9 Å². The SMILES string of the molecule is O=C(COC(=O)Cc1ccc(F)cc1)Nc1ccc(Cl)cc1Cl. The minimum absolute atomic E-state index is 0.0464. The van der Waals surface area contributed by atoms with Crippen molar-refractivity contribution in [1.29, 1.82) is 0 Å². The normalized spacial score (nSPS) is 10.2. The van der Waals surface area contributed by atoms with Crippen LogP contribution < -0.4 is 5.32 Å². The predicted molar refractivity (Wildman–Crippen MR) is 86.2 cm³/mol. The van der Waals surface area contributed by atoms with Gasteiger partial charge >= 0.3 is 5.97 Å². The van der Waals surface area contributed by atoms with Crippen molar-refractivity contribution in [2.75, 3.05) is 11.9 Å². The van der Waals surface area contributed by atoms with Crippen molar-refractivity contribution in [1.82, 2.24) is 0 Å². The van der Waals surface area contributed by atoms with Crippen LogP contribution in [-0.4, -0.2) is 18.5 Å². The molecule has 0 radical (unpaired) electrons. The average Bonchev–Trinajstić information content (AvgIpc) is 2.50. The highest BCUT2D eigenvalue weighted by atomic mass is 35.5. The highest BCUT2D eigenvalue weighted by Crippen LogP contribution is 2.25. The zero-order valence-corrected chi connectivity index (χ0v) is 13.3. The van der Waals surface area contributed by atoms with Crippen molar-refractivity contribution in [2.45, 2.75) is 6.42 Å². The van der Waals surface area contributed by atoms with Gasteiger partial charge in [-0.1, -0.05) is 35.3 Å². The van der Waals surface area contributed by atoms with Gasteiger partial charge in [-0.2, -0.15) is 0 Å². The van der Waals surface area contributed by atoms with Crippen LogP contribution in [-0.2, 0) is 20.7 Å². The number of esters is 1. The van der Waals surface area contributed by atoms with Crippen molar-refractivity contribution in [3.05, 3.63) is 63.9 Å². The third-order valence-corrected chi connectivity index (χ3v) is 3.38. The van der Waals surface area contributed by atoms with E-state index in [9.17, 15) is 14.0 Å². The van der Waals surface area contributed by atoms with Crippen molar-refractivity contribution in [2.24, 2.45) is 0 Å². The van der Waals surface area contributed by atoms with Gasteiger partial charge in [0.25, 0.3) is 5.91 Å². The van der Waals surface area contributed by atoms with Gasteiger partial charge in [0.05, 0.1) is 17.1 Å². The maximum atomic E-state index is 12.8. The van der Waals surface area contributed by atoms with Crippen molar-refractivity contribution >= 4 is 40.8 Å². The molecule has 0 spiro atoms. The second-order valence-electron chi connectivity index (χ2n) is 4.64. The van der Waals surface area contributed by atoms with Crippen LogP contribution in [0.15, 0.2) is 42.5 Å². The molecule has 7 heteroatoms. The number of ether oxygens (including phenoxy) is 1. The van der Waals surface area contributed by atoms with Crippen LogP contribution in [0.5, 0.6) is 0 Å². The largest absolute Gasteiger partial charge is 0.455 e. The van der Waals surface area contributed by atoms with Crippen LogP contribution in [0.4, 0.5) is 10.1 Å². The lowest BCUT2D eigenvalue weighted by Crippen LogP contribution is -2.21. The zero-order chi connectivity index (χ0) is 16.8. The standard InChI is InChI=1S/C16H12Cl2FNO3/c17-11-3-6-14(13(18)8-11)20-15(21)9-23-16(22)7-10-1-4-12(19)5-2-10/h1-6,8H,7,9H2,(H,20,21). The van der Waals surface area contributed by atoms with Gasteiger partial charge in [-0.3, -0.25) is 9.59 Å². The molecule has 0 aliphatic heterocycles. The van der Waals surface area contributed by atoms with Gasteiger partial charge in [0.2, 0.25) is 0 Å². The lowest BCUT2D eigenvalue weighted by molar-refractivity contribution is -0.146. The number of hydrogen-bond acceptors (Lipinski definition) is 3. The Morgan fingerprint density at radius 2 is 1.78 bits per heavy atom. The molecule has 0 aromatic heterocycles. The molecule has 2 aromatic rings. The smallest absolute Gasteiger partial charge is 0.310 e. The van der Waals surface area contributed by atoms with E-state index >= 15 is 0 Å². The summed E-state index contributed by atoms with van der Waals surface area (Å²) in [6, 6.07) is 10.1. The molecule has 4 nitrogen and oxygen atoms in total. The Hall–Kier alpha value is -2.11. The number of rotatable bonds is 5. The van der Waals surface area contributed by atoms with Crippen LogP contribution >= 0.6 is 23.2 Å². The summed E-state index contributed by atoms with van der Waals surface area (Å²) in [5.74, 6) is -1.50. The number of benzene rings is 2. The fraction of sp³-hybridized carbons (Fsp3) is 0.125. The molecule has 0 bridgehead atoms. The molecule has 0 atom stereocenters. The van der Waals surface area contributed by atoms with Crippen LogP contribution in [0.1, 0.15) is 5.56 Å². The van der Waals surface area contributed by atoms with E-state index in [2.05, 4.69) is 5.32 Å². The third kappa shape index (κ3) is 5.54. The Morgan fingerprint density at radius 1 is 1.09 bits per heavy atom. The number of anilines is 1. The van der Waals surface area contributed by atoms with E-state index in [0.29, 0.717) is 16.3 Å². The van der Waals surface area contributed by atoms with Crippen LogP contribution in [0.2, 0.25) is 10.0 Å². The first-order valence-corrected chi connectivity index (χ1v) is 7.34. The van der Waals surface area contributed by atoms with Crippen molar-refractivity contribution < 1.29 is 18.7 Å². The number of hydrogen-bond donors (Lipinski definition) is 1. The molecule has 1 amide bonds. The maximum Gasteiger partial charge on any atom is 0.310 e. The van der Waals surface area contributed by atoms with Crippen molar-refractivity contribution in [3.63, 3.8) is 0 Å².